The molecule has 1 saturated carbocycles. The molecule has 0 amide bonds. The van der Waals surface area contributed by atoms with Gasteiger partial charge in [0, 0.05) is 60.0 Å². The molecule has 5 aliphatic rings. The van der Waals surface area contributed by atoms with Gasteiger partial charge in [0.05, 0.1) is 12.2 Å². The molecule has 49 heavy (non-hydrogen) atoms. The van der Waals surface area contributed by atoms with Crippen LogP contribution < -0.4 is 20.3 Å². The number of likely N-dealkylation sites (tertiary alicyclic amines) is 1. The first kappa shape index (κ1) is 31.0. The lowest BCUT2D eigenvalue weighted by molar-refractivity contribution is 0.0854. The van der Waals surface area contributed by atoms with Crippen molar-refractivity contribution in [3.63, 3.8) is 0 Å². The lowest BCUT2D eigenvalue weighted by Crippen LogP contribution is -2.51. The normalized spacial score (nSPS) is 24.1. The number of aromatic hydroxyl groups is 1. The maximum absolute atomic E-state index is 16.9. The number of aromatic nitrogens is 2. The lowest BCUT2D eigenvalue weighted by Gasteiger charge is -2.40. The van der Waals surface area contributed by atoms with Gasteiger partial charge in [-0.1, -0.05) is 18.1 Å². The average molecular weight is 665 g/mol. The summed E-state index contributed by atoms with van der Waals surface area (Å²) in [6, 6.07) is 10.1. The van der Waals surface area contributed by atoms with E-state index in [0.717, 1.165) is 71.5 Å². The van der Waals surface area contributed by atoms with Crippen molar-refractivity contribution in [2.45, 2.75) is 57.0 Å². The summed E-state index contributed by atoms with van der Waals surface area (Å²) in [6.07, 6.45) is 13.9. The first-order valence-corrected chi connectivity index (χ1v) is 17.8. The highest BCUT2D eigenvalue weighted by atomic mass is 19.1. The van der Waals surface area contributed by atoms with E-state index in [2.05, 4.69) is 26.4 Å². The number of piperazine rings is 1. The molecule has 2 bridgehead atoms. The van der Waals surface area contributed by atoms with Gasteiger partial charge in [0.2, 0.25) is 0 Å². The van der Waals surface area contributed by atoms with Crippen molar-refractivity contribution >= 4 is 27.5 Å². The summed E-state index contributed by atoms with van der Waals surface area (Å²) >= 11 is 0. The smallest absolute Gasteiger partial charge is 0.319 e. The Balaban J connectivity index is 1.07. The predicted molar refractivity (Wildman–Crippen MR) is 187 cm³/mol. The number of fused-ring (bicyclic) bond motifs is 4. The second kappa shape index (κ2) is 11.8. The van der Waals surface area contributed by atoms with Crippen LogP contribution in [0, 0.1) is 34.8 Å². The first-order chi connectivity index (χ1) is 23.8. The SMILES string of the molecule is C#Cc1c(F)ccc2cc(O)cc(-c3ccc4c(N5CC6CCC(C5)N6)nc(OCC5(CN6CCC7(CCNC7)CC6)CC5)nc4c3F)c12. The average Bonchev–Trinajstić information content (AvgIpc) is 3.58. The van der Waals surface area contributed by atoms with Gasteiger partial charge >= 0.3 is 6.01 Å². The van der Waals surface area contributed by atoms with E-state index < -0.39 is 11.6 Å². The number of benzene rings is 3. The molecule has 5 fully saturated rings. The molecule has 5 heterocycles. The number of ether oxygens (including phenoxy) is 1. The number of phenolic OH excluding ortho intramolecular Hbond substituents is 1. The number of terminal acetylenes is 1. The number of anilines is 1. The summed E-state index contributed by atoms with van der Waals surface area (Å²) in [7, 11) is 0. The van der Waals surface area contributed by atoms with Gasteiger partial charge in [0.1, 0.15) is 22.9 Å². The number of piperidine rings is 1. The standard InChI is InChI=1S/C39H42F2N6O2/c1-2-28-32(40)8-3-24-17-27(48)18-31(33(24)28)29-6-7-30-35(34(29)41)44-37(45-36(30)47-19-25-4-5-26(20-47)43-25)49-23-39(9-10-39)22-46-15-12-38(13-16-46)11-14-42-21-38/h1,3,6-8,17-18,25-26,42-43,48H,4-5,9-16,19-23H2. The van der Waals surface area contributed by atoms with Crippen molar-refractivity contribution in [2.24, 2.45) is 10.8 Å². The molecule has 1 aliphatic carbocycles. The van der Waals surface area contributed by atoms with Crippen molar-refractivity contribution in [1.29, 1.82) is 0 Å². The van der Waals surface area contributed by atoms with Crippen molar-refractivity contribution in [2.75, 3.05) is 57.3 Å². The Kier molecular flexibility index (Phi) is 7.45. The molecular formula is C39H42F2N6O2. The van der Waals surface area contributed by atoms with Crippen molar-refractivity contribution in [1.82, 2.24) is 25.5 Å². The lowest BCUT2D eigenvalue weighted by atomic mass is 9.77. The third-order valence-corrected chi connectivity index (χ3v) is 12.0. The van der Waals surface area contributed by atoms with E-state index in [4.69, 9.17) is 21.1 Å². The molecule has 9 rings (SSSR count). The van der Waals surface area contributed by atoms with Crippen LogP contribution >= 0.6 is 0 Å². The van der Waals surface area contributed by atoms with Crippen molar-refractivity contribution < 1.29 is 18.6 Å². The van der Waals surface area contributed by atoms with E-state index in [-0.39, 0.29) is 33.8 Å². The third-order valence-electron chi connectivity index (χ3n) is 12.0. The molecule has 3 N–H and O–H groups in total. The van der Waals surface area contributed by atoms with Crippen LogP contribution in [-0.2, 0) is 0 Å². The molecule has 3 aromatic carbocycles. The summed E-state index contributed by atoms with van der Waals surface area (Å²) in [5, 5.41) is 19.3. The number of nitrogens with one attached hydrogen (secondary N) is 2. The Hall–Kier alpha value is -4.04. The second-order valence-corrected chi connectivity index (χ2v) is 15.3. The van der Waals surface area contributed by atoms with Crippen LogP contribution in [0.1, 0.15) is 50.5 Å². The van der Waals surface area contributed by atoms with Crippen molar-refractivity contribution in [3.8, 4) is 35.2 Å². The molecule has 4 aliphatic heterocycles. The quantitative estimate of drug-likeness (QED) is 0.221. The molecule has 8 nitrogen and oxygen atoms in total. The molecule has 4 saturated heterocycles. The predicted octanol–water partition coefficient (Wildman–Crippen LogP) is 5.59. The summed E-state index contributed by atoms with van der Waals surface area (Å²) in [5.74, 6) is 1.86. The fourth-order valence-corrected chi connectivity index (χ4v) is 9.01. The Labute approximate surface area is 285 Å². The fourth-order valence-electron chi connectivity index (χ4n) is 9.01. The van der Waals surface area contributed by atoms with Crippen LogP contribution in [0.2, 0.25) is 0 Å². The Morgan fingerprint density at radius 3 is 2.49 bits per heavy atom. The minimum Gasteiger partial charge on any atom is -0.508 e. The van der Waals surface area contributed by atoms with Crippen LogP contribution in [0.5, 0.6) is 11.8 Å². The van der Waals surface area contributed by atoms with E-state index in [9.17, 15) is 9.50 Å². The Bertz CT molecular complexity index is 1980. The molecule has 10 heteroatoms. The highest BCUT2D eigenvalue weighted by molar-refractivity contribution is 6.04. The molecule has 254 valence electrons. The number of hydrogen-bond acceptors (Lipinski definition) is 8. The number of nitrogens with zero attached hydrogens (tertiary/aromatic N) is 4. The summed E-state index contributed by atoms with van der Waals surface area (Å²) in [4.78, 5) is 14.5. The number of hydrogen-bond donors (Lipinski definition) is 3. The Morgan fingerprint density at radius 1 is 0.980 bits per heavy atom. The third kappa shape index (κ3) is 5.56. The van der Waals surface area contributed by atoms with E-state index >= 15 is 4.39 Å². The van der Waals surface area contributed by atoms with Gasteiger partial charge in [0.15, 0.2) is 5.82 Å². The maximum Gasteiger partial charge on any atom is 0.319 e. The van der Waals surface area contributed by atoms with Gasteiger partial charge in [-0.25, -0.2) is 8.78 Å². The summed E-state index contributed by atoms with van der Waals surface area (Å²) in [5.41, 5.74) is 1.17. The topological polar surface area (TPSA) is 85.8 Å². The zero-order chi connectivity index (χ0) is 33.3. The maximum atomic E-state index is 16.9. The zero-order valence-electron chi connectivity index (χ0n) is 27.7. The van der Waals surface area contributed by atoms with Gasteiger partial charge in [-0.2, -0.15) is 9.97 Å². The van der Waals surface area contributed by atoms with Crippen molar-refractivity contribution in [3.05, 3.63) is 53.6 Å². The van der Waals surface area contributed by atoms with Gasteiger partial charge in [-0.05, 0) is 105 Å². The number of phenols is 1. The molecule has 1 aromatic heterocycles. The summed E-state index contributed by atoms with van der Waals surface area (Å²) < 4.78 is 38.3. The highest BCUT2D eigenvalue weighted by Crippen LogP contribution is 2.48. The van der Waals surface area contributed by atoms with Crippen LogP contribution in [0.4, 0.5) is 14.6 Å². The van der Waals surface area contributed by atoms with Crippen LogP contribution in [0.25, 0.3) is 32.8 Å². The monoisotopic (exact) mass is 664 g/mol. The molecule has 0 radical (unpaired) electrons. The van der Waals surface area contributed by atoms with Crippen LogP contribution in [-0.4, -0.2) is 84.5 Å². The molecule has 4 aromatic rings. The minimum absolute atomic E-state index is 0.0224. The zero-order valence-corrected chi connectivity index (χ0v) is 27.7. The van der Waals surface area contributed by atoms with Gasteiger partial charge in [-0.15, -0.1) is 6.42 Å². The molecule has 2 unspecified atom stereocenters. The van der Waals surface area contributed by atoms with E-state index in [1.165, 1.54) is 37.5 Å². The van der Waals surface area contributed by atoms with Gasteiger partial charge < -0.3 is 30.3 Å². The number of halogens is 2. The van der Waals surface area contributed by atoms with E-state index in [1.54, 1.807) is 12.1 Å². The molecular weight excluding hydrogens is 622 g/mol. The Morgan fingerprint density at radius 2 is 1.78 bits per heavy atom. The molecule has 2 atom stereocenters. The number of rotatable bonds is 7. The second-order valence-electron chi connectivity index (χ2n) is 15.3. The van der Waals surface area contributed by atoms with E-state index in [1.807, 2.05) is 6.07 Å². The van der Waals surface area contributed by atoms with Crippen LogP contribution in [0.15, 0.2) is 36.4 Å². The van der Waals surface area contributed by atoms with Gasteiger partial charge in [0.25, 0.3) is 0 Å². The largest absolute Gasteiger partial charge is 0.508 e. The fraction of sp³-hybridized carbons (Fsp3) is 0.487. The first-order valence-electron chi connectivity index (χ1n) is 17.8. The molecule has 1 spiro atoms. The summed E-state index contributed by atoms with van der Waals surface area (Å²) in [6.45, 7) is 7.53. The van der Waals surface area contributed by atoms with Crippen LogP contribution in [0.3, 0.4) is 0 Å². The van der Waals surface area contributed by atoms with Gasteiger partial charge in [-0.3, -0.25) is 0 Å². The highest BCUT2D eigenvalue weighted by Gasteiger charge is 2.47. The van der Waals surface area contributed by atoms with E-state index in [0.29, 0.717) is 51.6 Å². The minimum atomic E-state index is -0.590.